The molecule has 2 aromatic rings. The minimum Gasteiger partial charge on any atom is -0.311 e. The quantitative estimate of drug-likeness (QED) is 0.807. The fraction of sp³-hybridized carbons (Fsp3) is 0.529. The van der Waals surface area contributed by atoms with Gasteiger partial charge in [0.25, 0.3) is 0 Å². The van der Waals surface area contributed by atoms with Crippen LogP contribution in [-0.4, -0.2) is 50.6 Å². The van der Waals surface area contributed by atoms with Crippen molar-refractivity contribution in [2.75, 3.05) is 18.5 Å². The molecular weight excluding hydrogens is 304 g/mol. The van der Waals surface area contributed by atoms with Crippen molar-refractivity contribution in [3.63, 3.8) is 0 Å². The molecule has 128 valence electrons. The molecule has 24 heavy (non-hydrogen) atoms. The topological polar surface area (TPSA) is 67.2 Å². The summed E-state index contributed by atoms with van der Waals surface area (Å²) in [5.74, 6) is 0.966. The maximum absolute atomic E-state index is 12.9. The first-order chi connectivity index (χ1) is 11.7. The van der Waals surface area contributed by atoms with Crippen LogP contribution in [-0.2, 0) is 17.9 Å². The van der Waals surface area contributed by atoms with Crippen molar-refractivity contribution in [3.05, 3.63) is 36.2 Å². The summed E-state index contributed by atoms with van der Waals surface area (Å²) in [6, 6.07) is 9.74. The van der Waals surface area contributed by atoms with E-state index in [1.807, 2.05) is 47.0 Å². The van der Waals surface area contributed by atoms with E-state index in [0.29, 0.717) is 6.54 Å². The van der Waals surface area contributed by atoms with E-state index in [0.717, 1.165) is 43.9 Å². The van der Waals surface area contributed by atoms with Crippen LogP contribution in [0.15, 0.2) is 30.3 Å². The van der Waals surface area contributed by atoms with E-state index < -0.39 is 0 Å². The van der Waals surface area contributed by atoms with E-state index in [2.05, 4.69) is 27.3 Å². The molecule has 1 saturated heterocycles. The molecule has 0 spiro atoms. The number of carbonyl (C=O) groups is 1. The van der Waals surface area contributed by atoms with Crippen LogP contribution in [0.5, 0.6) is 0 Å². The van der Waals surface area contributed by atoms with Gasteiger partial charge >= 0.3 is 0 Å². The zero-order valence-corrected chi connectivity index (χ0v) is 14.3. The SMILES string of the molecule is CCCn1nnnc1CN(C)C1CCCN(c2ccccc2)C1=O. The molecule has 0 saturated carbocycles. The number of rotatable bonds is 6. The third-order valence-corrected chi connectivity index (χ3v) is 4.44. The molecule has 1 amide bonds. The van der Waals surface area contributed by atoms with Gasteiger partial charge in [0.2, 0.25) is 5.91 Å². The Morgan fingerprint density at radius 2 is 2.08 bits per heavy atom. The summed E-state index contributed by atoms with van der Waals surface area (Å²) in [6.07, 6.45) is 2.84. The maximum atomic E-state index is 12.9. The van der Waals surface area contributed by atoms with Gasteiger partial charge in [0, 0.05) is 18.8 Å². The van der Waals surface area contributed by atoms with E-state index >= 15 is 0 Å². The number of tetrazole rings is 1. The van der Waals surface area contributed by atoms with Crippen molar-refractivity contribution in [3.8, 4) is 0 Å². The van der Waals surface area contributed by atoms with Gasteiger partial charge in [-0.15, -0.1) is 5.10 Å². The number of carbonyl (C=O) groups excluding carboxylic acids is 1. The summed E-state index contributed by atoms with van der Waals surface area (Å²) in [7, 11) is 1.97. The van der Waals surface area contributed by atoms with Crippen molar-refractivity contribution < 1.29 is 4.79 Å². The number of nitrogens with zero attached hydrogens (tertiary/aromatic N) is 6. The molecular formula is C17H24N6O. The number of benzene rings is 1. The fourth-order valence-corrected chi connectivity index (χ4v) is 3.18. The summed E-state index contributed by atoms with van der Waals surface area (Å²) in [6.45, 7) is 4.25. The number of aromatic nitrogens is 4. The van der Waals surface area contributed by atoms with E-state index in [1.54, 1.807) is 0 Å². The number of hydrogen-bond donors (Lipinski definition) is 0. The van der Waals surface area contributed by atoms with Gasteiger partial charge in [-0.05, 0) is 48.9 Å². The van der Waals surface area contributed by atoms with Crippen LogP contribution in [0.4, 0.5) is 5.69 Å². The van der Waals surface area contributed by atoms with Gasteiger partial charge in [-0.2, -0.15) is 0 Å². The standard InChI is InChI=1S/C17H24N6O/c1-3-11-23-16(18-19-20-23)13-21(2)15-10-7-12-22(17(15)24)14-8-5-4-6-9-14/h4-6,8-9,15H,3,7,10-13H2,1-2H3. The van der Waals surface area contributed by atoms with Crippen LogP contribution in [0.1, 0.15) is 32.0 Å². The van der Waals surface area contributed by atoms with E-state index in [9.17, 15) is 4.79 Å². The molecule has 1 unspecified atom stereocenters. The molecule has 0 radical (unpaired) electrons. The Morgan fingerprint density at radius 3 is 2.83 bits per heavy atom. The lowest BCUT2D eigenvalue weighted by Gasteiger charge is -2.36. The van der Waals surface area contributed by atoms with Crippen molar-refractivity contribution in [2.24, 2.45) is 0 Å². The first-order valence-electron chi connectivity index (χ1n) is 8.52. The number of para-hydroxylation sites is 1. The molecule has 2 heterocycles. The first-order valence-corrected chi connectivity index (χ1v) is 8.52. The summed E-state index contributed by atoms with van der Waals surface area (Å²) >= 11 is 0. The molecule has 1 aromatic carbocycles. The third kappa shape index (κ3) is 3.46. The van der Waals surface area contributed by atoms with Crippen LogP contribution in [0.25, 0.3) is 0 Å². The highest BCUT2D eigenvalue weighted by Crippen LogP contribution is 2.23. The number of piperidine rings is 1. The van der Waals surface area contributed by atoms with Gasteiger partial charge in [-0.25, -0.2) is 4.68 Å². The van der Waals surface area contributed by atoms with Crippen molar-refractivity contribution in [2.45, 2.75) is 45.3 Å². The van der Waals surface area contributed by atoms with E-state index in [1.165, 1.54) is 0 Å². The van der Waals surface area contributed by atoms with Gasteiger partial charge in [0.05, 0.1) is 12.6 Å². The summed E-state index contributed by atoms with van der Waals surface area (Å²) < 4.78 is 1.82. The predicted molar refractivity (Wildman–Crippen MR) is 91.4 cm³/mol. The zero-order chi connectivity index (χ0) is 16.9. The Bertz CT molecular complexity index is 671. The highest BCUT2D eigenvalue weighted by Gasteiger charge is 2.32. The third-order valence-electron chi connectivity index (χ3n) is 4.44. The van der Waals surface area contributed by atoms with Crippen LogP contribution >= 0.6 is 0 Å². The highest BCUT2D eigenvalue weighted by molar-refractivity contribution is 5.97. The lowest BCUT2D eigenvalue weighted by Crippen LogP contribution is -2.51. The van der Waals surface area contributed by atoms with Crippen molar-refractivity contribution >= 4 is 11.6 Å². The second-order valence-electron chi connectivity index (χ2n) is 6.22. The molecule has 7 heteroatoms. The number of anilines is 1. The molecule has 0 N–H and O–H groups in total. The molecule has 1 aliphatic rings. The number of aryl methyl sites for hydroxylation is 1. The Balaban J connectivity index is 1.71. The molecule has 0 aliphatic carbocycles. The monoisotopic (exact) mass is 328 g/mol. The average molecular weight is 328 g/mol. The van der Waals surface area contributed by atoms with Gasteiger partial charge in [-0.1, -0.05) is 25.1 Å². The van der Waals surface area contributed by atoms with Gasteiger partial charge in [0.1, 0.15) is 0 Å². The Hall–Kier alpha value is -2.28. The number of amides is 1. The van der Waals surface area contributed by atoms with Crippen LogP contribution < -0.4 is 4.90 Å². The largest absolute Gasteiger partial charge is 0.311 e. The lowest BCUT2D eigenvalue weighted by molar-refractivity contribution is -0.125. The molecule has 0 bridgehead atoms. The Labute approximate surface area is 142 Å². The smallest absolute Gasteiger partial charge is 0.244 e. The van der Waals surface area contributed by atoms with Gasteiger partial charge < -0.3 is 4.90 Å². The lowest BCUT2D eigenvalue weighted by atomic mass is 10.0. The first kappa shape index (κ1) is 16.6. The molecule has 1 fully saturated rings. The van der Waals surface area contributed by atoms with Gasteiger partial charge in [0.15, 0.2) is 5.82 Å². The maximum Gasteiger partial charge on any atom is 0.244 e. The van der Waals surface area contributed by atoms with Crippen LogP contribution in [0.3, 0.4) is 0 Å². The fourth-order valence-electron chi connectivity index (χ4n) is 3.18. The summed E-state index contributed by atoms with van der Waals surface area (Å²) in [5.41, 5.74) is 0.969. The summed E-state index contributed by atoms with van der Waals surface area (Å²) in [4.78, 5) is 16.9. The second-order valence-corrected chi connectivity index (χ2v) is 6.22. The van der Waals surface area contributed by atoms with Crippen LogP contribution in [0, 0.1) is 0 Å². The summed E-state index contributed by atoms with van der Waals surface area (Å²) in [5, 5.41) is 11.9. The normalized spacial score (nSPS) is 18.4. The van der Waals surface area contributed by atoms with Crippen molar-refractivity contribution in [1.82, 2.24) is 25.1 Å². The molecule has 1 aromatic heterocycles. The van der Waals surface area contributed by atoms with Gasteiger partial charge in [-0.3, -0.25) is 9.69 Å². The number of likely N-dealkylation sites (N-methyl/N-ethyl adjacent to an activating group) is 1. The number of hydrogen-bond acceptors (Lipinski definition) is 5. The zero-order valence-electron chi connectivity index (χ0n) is 14.3. The molecule has 3 rings (SSSR count). The average Bonchev–Trinajstić information content (AvgIpc) is 3.03. The molecule has 7 nitrogen and oxygen atoms in total. The predicted octanol–water partition coefficient (Wildman–Crippen LogP) is 1.71. The minimum atomic E-state index is -0.134. The minimum absolute atomic E-state index is 0.134. The molecule has 1 aliphatic heterocycles. The molecule has 1 atom stereocenters. The van der Waals surface area contributed by atoms with E-state index in [4.69, 9.17) is 0 Å². The second kappa shape index (κ2) is 7.53. The van der Waals surface area contributed by atoms with Crippen LogP contribution in [0.2, 0.25) is 0 Å². The Kier molecular flexibility index (Phi) is 5.20. The highest BCUT2D eigenvalue weighted by atomic mass is 16.2. The Morgan fingerprint density at radius 1 is 1.29 bits per heavy atom. The van der Waals surface area contributed by atoms with Crippen molar-refractivity contribution in [1.29, 1.82) is 0 Å². The van der Waals surface area contributed by atoms with E-state index in [-0.39, 0.29) is 11.9 Å².